The van der Waals surface area contributed by atoms with Crippen molar-refractivity contribution < 1.29 is 9.90 Å². The molecule has 17 heavy (non-hydrogen) atoms. The van der Waals surface area contributed by atoms with Gasteiger partial charge in [-0.25, -0.2) is 0 Å². The maximum atomic E-state index is 10.9. The summed E-state index contributed by atoms with van der Waals surface area (Å²) >= 11 is 0. The molecule has 1 aliphatic heterocycles. The number of aryl methyl sites for hydroxylation is 1. The third-order valence-electron chi connectivity index (χ3n) is 3.46. The van der Waals surface area contributed by atoms with Gasteiger partial charge in [0, 0.05) is 12.5 Å². The summed E-state index contributed by atoms with van der Waals surface area (Å²) in [6.45, 7) is 3.04. The molecule has 2 rings (SSSR count). The topological polar surface area (TPSA) is 49.3 Å². The number of rotatable bonds is 3. The molecule has 0 spiro atoms. The molecule has 0 aliphatic carbocycles. The first-order chi connectivity index (χ1) is 8.16. The lowest BCUT2D eigenvalue weighted by Crippen LogP contribution is -2.35. The van der Waals surface area contributed by atoms with Crippen LogP contribution in [0.1, 0.15) is 36.4 Å². The molecular formula is C14H19NO2. The van der Waals surface area contributed by atoms with E-state index in [1.54, 1.807) is 0 Å². The fourth-order valence-corrected chi connectivity index (χ4v) is 2.56. The Hall–Kier alpha value is -1.35. The average Bonchev–Trinajstić information content (AvgIpc) is 2.30. The van der Waals surface area contributed by atoms with Gasteiger partial charge in [-0.1, -0.05) is 29.8 Å². The van der Waals surface area contributed by atoms with E-state index in [1.165, 1.54) is 11.1 Å². The van der Waals surface area contributed by atoms with Crippen molar-refractivity contribution in [2.45, 2.75) is 32.2 Å². The molecule has 0 saturated carbocycles. The van der Waals surface area contributed by atoms with Crippen molar-refractivity contribution in [1.82, 2.24) is 5.32 Å². The van der Waals surface area contributed by atoms with Crippen molar-refractivity contribution in [2.75, 3.05) is 6.54 Å². The molecule has 3 heteroatoms. The first-order valence-electron chi connectivity index (χ1n) is 6.18. The van der Waals surface area contributed by atoms with Gasteiger partial charge in [0.25, 0.3) is 0 Å². The predicted molar refractivity (Wildman–Crippen MR) is 66.9 cm³/mol. The van der Waals surface area contributed by atoms with Crippen LogP contribution in [0, 0.1) is 12.8 Å². The van der Waals surface area contributed by atoms with E-state index in [1.807, 2.05) is 0 Å². The number of aliphatic carboxylic acids is 1. The van der Waals surface area contributed by atoms with E-state index >= 15 is 0 Å². The van der Waals surface area contributed by atoms with Crippen LogP contribution in [0.4, 0.5) is 0 Å². The van der Waals surface area contributed by atoms with Crippen LogP contribution in [0.15, 0.2) is 24.3 Å². The highest BCUT2D eigenvalue weighted by Crippen LogP contribution is 2.31. The Bertz CT molecular complexity index is 386. The number of piperidine rings is 1. The van der Waals surface area contributed by atoms with Gasteiger partial charge in [-0.05, 0) is 37.8 Å². The number of carboxylic acid groups (broad SMARTS) is 1. The predicted octanol–water partition coefficient (Wildman–Crippen LogP) is 2.51. The summed E-state index contributed by atoms with van der Waals surface area (Å²) in [4.78, 5) is 10.9. The molecule has 1 aromatic rings. The zero-order chi connectivity index (χ0) is 12.3. The molecule has 0 amide bonds. The SMILES string of the molecule is Cc1ccc([C@H]2NCCC[C@@H]2CC(=O)O)cc1. The molecule has 0 unspecified atom stereocenters. The van der Waals surface area contributed by atoms with Crippen molar-refractivity contribution >= 4 is 5.97 Å². The van der Waals surface area contributed by atoms with Crippen molar-refractivity contribution in [3.8, 4) is 0 Å². The van der Waals surface area contributed by atoms with Gasteiger partial charge in [-0.2, -0.15) is 0 Å². The van der Waals surface area contributed by atoms with Crippen LogP contribution in [0.5, 0.6) is 0 Å². The Morgan fingerprint density at radius 1 is 1.41 bits per heavy atom. The van der Waals surface area contributed by atoms with E-state index in [9.17, 15) is 4.79 Å². The van der Waals surface area contributed by atoms with Crippen LogP contribution in [0.2, 0.25) is 0 Å². The molecule has 1 aromatic carbocycles. The number of nitrogens with one attached hydrogen (secondary N) is 1. The average molecular weight is 233 g/mol. The van der Waals surface area contributed by atoms with Crippen molar-refractivity contribution in [3.63, 3.8) is 0 Å². The van der Waals surface area contributed by atoms with Gasteiger partial charge in [0.15, 0.2) is 0 Å². The van der Waals surface area contributed by atoms with Gasteiger partial charge >= 0.3 is 5.97 Å². The minimum Gasteiger partial charge on any atom is -0.481 e. The van der Waals surface area contributed by atoms with E-state index in [-0.39, 0.29) is 18.4 Å². The molecule has 92 valence electrons. The number of carboxylic acids is 1. The molecule has 3 nitrogen and oxygen atoms in total. The third kappa shape index (κ3) is 3.07. The zero-order valence-corrected chi connectivity index (χ0v) is 10.1. The second-order valence-corrected chi connectivity index (χ2v) is 4.84. The van der Waals surface area contributed by atoms with Crippen LogP contribution in [0.25, 0.3) is 0 Å². The minimum atomic E-state index is -0.698. The maximum Gasteiger partial charge on any atom is 0.303 e. The molecule has 0 radical (unpaired) electrons. The van der Waals surface area contributed by atoms with Crippen molar-refractivity contribution in [2.24, 2.45) is 5.92 Å². The maximum absolute atomic E-state index is 10.9. The molecule has 0 aromatic heterocycles. The standard InChI is InChI=1S/C14H19NO2/c1-10-4-6-11(7-5-10)14-12(9-13(16)17)3-2-8-15-14/h4-7,12,14-15H,2-3,8-9H2,1H3,(H,16,17)/t12-,14-/m1/s1. The summed E-state index contributed by atoms with van der Waals surface area (Å²) < 4.78 is 0. The van der Waals surface area contributed by atoms with E-state index in [2.05, 4.69) is 36.5 Å². The summed E-state index contributed by atoms with van der Waals surface area (Å²) in [6.07, 6.45) is 2.32. The Morgan fingerprint density at radius 3 is 2.76 bits per heavy atom. The molecule has 2 N–H and O–H groups in total. The van der Waals surface area contributed by atoms with E-state index in [4.69, 9.17) is 5.11 Å². The largest absolute Gasteiger partial charge is 0.481 e. The third-order valence-corrected chi connectivity index (χ3v) is 3.46. The van der Waals surface area contributed by atoms with Crippen LogP contribution in [-0.2, 0) is 4.79 Å². The molecule has 1 aliphatic rings. The number of benzene rings is 1. The molecule has 1 heterocycles. The summed E-state index contributed by atoms with van der Waals surface area (Å²) in [5.41, 5.74) is 2.45. The summed E-state index contributed by atoms with van der Waals surface area (Å²) in [5.74, 6) is -0.486. The van der Waals surface area contributed by atoms with Crippen molar-refractivity contribution in [1.29, 1.82) is 0 Å². The van der Waals surface area contributed by atoms with Crippen molar-refractivity contribution in [3.05, 3.63) is 35.4 Å². The fraction of sp³-hybridized carbons (Fsp3) is 0.500. The van der Waals surface area contributed by atoms with E-state index in [0.717, 1.165) is 19.4 Å². The number of hydrogen-bond donors (Lipinski definition) is 2. The van der Waals surface area contributed by atoms with Crippen LogP contribution in [0.3, 0.4) is 0 Å². The summed E-state index contributed by atoms with van der Waals surface area (Å²) in [5, 5.41) is 12.4. The van der Waals surface area contributed by atoms with Gasteiger partial charge < -0.3 is 10.4 Å². The van der Waals surface area contributed by atoms with Crippen LogP contribution in [-0.4, -0.2) is 17.6 Å². The van der Waals surface area contributed by atoms with Gasteiger partial charge in [-0.3, -0.25) is 4.79 Å². The molecule has 1 saturated heterocycles. The van der Waals surface area contributed by atoms with E-state index in [0.29, 0.717) is 0 Å². The molecule has 0 bridgehead atoms. The molecule has 2 atom stereocenters. The first-order valence-corrected chi connectivity index (χ1v) is 6.18. The highest BCUT2D eigenvalue weighted by Gasteiger charge is 2.27. The Balaban J connectivity index is 2.15. The lowest BCUT2D eigenvalue weighted by molar-refractivity contribution is -0.138. The molecular weight excluding hydrogens is 214 g/mol. The van der Waals surface area contributed by atoms with Crippen LogP contribution < -0.4 is 5.32 Å². The van der Waals surface area contributed by atoms with Gasteiger partial charge in [0.1, 0.15) is 0 Å². The lowest BCUT2D eigenvalue weighted by atomic mass is 9.84. The smallest absolute Gasteiger partial charge is 0.303 e. The number of hydrogen-bond acceptors (Lipinski definition) is 2. The van der Waals surface area contributed by atoms with Gasteiger partial charge in [0.2, 0.25) is 0 Å². The van der Waals surface area contributed by atoms with Gasteiger partial charge in [-0.15, -0.1) is 0 Å². The number of carbonyl (C=O) groups is 1. The molecule has 1 fully saturated rings. The zero-order valence-electron chi connectivity index (χ0n) is 10.1. The van der Waals surface area contributed by atoms with E-state index < -0.39 is 5.97 Å². The monoisotopic (exact) mass is 233 g/mol. The quantitative estimate of drug-likeness (QED) is 0.843. The fourth-order valence-electron chi connectivity index (χ4n) is 2.56. The second-order valence-electron chi connectivity index (χ2n) is 4.84. The summed E-state index contributed by atoms with van der Waals surface area (Å²) in [7, 11) is 0. The lowest BCUT2D eigenvalue weighted by Gasteiger charge is -2.32. The Labute approximate surface area is 102 Å². The Morgan fingerprint density at radius 2 is 2.12 bits per heavy atom. The summed E-state index contributed by atoms with van der Waals surface area (Å²) in [6, 6.07) is 8.58. The van der Waals surface area contributed by atoms with Crippen LogP contribution >= 0.6 is 0 Å². The highest BCUT2D eigenvalue weighted by atomic mass is 16.4. The normalized spacial score (nSPS) is 24.5. The minimum absolute atomic E-state index is 0.195. The Kier molecular flexibility index (Phi) is 3.79. The highest BCUT2D eigenvalue weighted by molar-refractivity contribution is 5.67. The second kappa shape index (κ2) is 5.32. The van der Waals surface area contributed by atoms with Gasteiger partial charge in [0.05, 0.1) is 0 Å². The first kappa shape index (κ1) is 12.1.